The number of amides is 1. The summed E-state index contributed by atoms with van der Waals surface area (Å²) in [5.41, 5.74) is 2.20. The molecule has 1 fully saturated rings. The number of benzene rings is 2. The Kier molecular flexibility index (Phi) is 8.24. The Morgan fingerprint density at radius 3 is 2.59 bits per heavy atom. The first kappa shape index (κ1) is 23.3. The number of aliphatic hydroxyl groups is 1. The van der Waals surface area contributed by atoms with E-state index < -0.39 is 12.1 Å². The van der Waals surface area contributed by atoms with Gasteiger partial charge in [-0.25, -0.2) is 4.79 Å². The van der Waals surface area contributed by atoms with Gasteiger partial charge < -0.3 is 15.1 Å². The van der Waals surface area contributed by atoms with Crippen molar-refractivity contribution in [2.24, 2.45) is 5.92 Å². The number of carboxylic acids is 1. The number of hydrogen-bond donors (Lipinski definition) is 2. The van der Waals surface area contributed by atoms with E-state index in [4.69, 9.17) is 5.11 Å². The molecule has 1 saturated heterocycles. The van der Waals surface area contributed by atoms with E-state index in [1.54, 1.807) is 30.3 Å². The maximum atomic E-state index is 12.3. The van der Waals surface area contributed by atoms with Crippen LogP contribution in [-0.2, 0) is 11.2 Å². The summed E-state index contributed by atoms with van der Waals surface area (Å²) < 4.78 is 0. The molecule has 0 aliphatic carbocycles. The third-order valence-corrected chi connectivity index (χ3v) is 5.76. The molecule has 3 unspecified atom stereocenters. The van der Waals surface area contributed by atoms with Crippen LogP contribution in [0.3, 0.4) is 0 Å². The highest BCUT2D eigenvalue weighted by Crippen LogP contribution is 2.21. The van der Waals surface area contributed by atoms with E-state index in [2.05, 4.69) is 11.8 Å². The van der Waals surface area contributed by atoms with Crippen LogP contribution in [0.25, 0.3) is 0 Å². The quantitative estimate of drug-likeness (QED) is 0.491. The summed E-state index contributed by atoms with van der Waals surface area (Å²) in [6, 6.07) is 16.5. The van der Waals surface area contributed by atoms with Crippen molar-refractivity contribution < 1.29 is 19.8 Å². The van der Waals surface area contributed by atoms with Gasteiger partial charge in [0.05, 0.1) is 17.7 Å². The number of rotatable bonds is 8. The topological polar surface area (TPSA) is 77.8 Å². The van der Waals surface area contributed by atoms with Crippen molar-refractivity contribution >= 4 is 11.9 Å². The number of aliphatic hydroxyl groups excluding tert-OH is 1. The molecule has 32 heavy (non-hydrogen) atoms. The molecule has 1 amide bonds. The van der Waals surface area contributed by atoms with Crippen LogP contribution in [0.5, 0.6) is 0 Å². The molecule has 2 aromatic carbocycles. The van der Waals surface area contributed by atoms with E-state index in [1.807, 2.05) is 48.2 Å². The van der Waals surface area contributed by atoms with Gasteiger partial charge in [-0.3, -0.25) is 4.79 Å². The van der Waals surface area contributed by atoms with E-state index in [0.717, 1.165) is 17.5 Å². The molecular weight excluding hydrogens is 402 g/mol. The molecule has 166 valence electrons. The maximum absolute atomic E-state index is 12.3. The molecule has 0 bridgehead atoms. The largest absolute Gasteiger partial charge is 0.478 e. The van der Waals surface area contributed by atoms with Gasteiger partial charge in [0.25, 0.3) is 0 Å². The molecule has 0 radical (unpaired) electrons. The van der Waals surface area contributed by atoms with Crippen LogP contribution in [0.15, 0.2) is 66.7 Å². The second kappa shape index (κ2) is 11.3. The number of aromatic carboxylic acids is 1. The number of carbonyl (C=O) groups is 2. The van der Waals surface area contributed by atoms with Crippen molar-refractivity contribution in [1.82, 2.24) is 4.90 Å². The summed E-state index contributed by atoms with van der Waals surface area (Å²) in [5.74, 6) is 5.39. The first-order valence-electron chi connectivity index (χ1n) is 11.0. The number of hydrogen-bond acceptors (Lipinski definition) is 3. The molecule has 5 heteroatoms. The van der Waals surface area contributed by atoms with Crippen LogP contribution in [0, 0.1) is 17.8 Å². The predicted octanol–water partition coefficient (Wildman–Crippen LogP) is 3.91. The van der Waals surface area contributed by atoms with E-state index in [9.17, 15) is 14.7 Å². The molecular formula is C27H29NO4. The van der Waals surface area contributed by atoms with Crippen LogP contribution < -0.4 is 0 Å². The summed E-state index contributed by atoms with van der Waals surface area (Å²) in [6.07, 6.45) is 5.57. The van der Waals surface area contributed by atoms with Crippen molar-refractivity contribution in [3.05, 3.63) is 83.4 Å². The number of likely N-dealkylation sites (tertiary alicyclic amines) is 1. The lowest BCUT2D eigenvalue weighted by Crippen LogP contribution is -2.34. The second-order valence-electron chi connectivity index (χ2n) is 8.17. The fourth-order valence-corrected chi connectivity index (χ4v) is 3.70. The van der Waals surface area contributed by atoms with Crippen LogP contribution in [0.2, 0.25) is 0 Å². The van der Waals surface area contributed by atoms with Gasteiger partial charge in [0.2, 0.25) is 5.91 Å². The zero-order chi connectivity index (χ0) is 22.9. The maximum Gasteiger partial charge on any atom is 0.335 e. The summed E-state index contributed by atoms with van der Waals surface area (Å²) >= 11 is 0. The molecule has 0 saturated carbocycles. The summed E-state index contributed by atoms with van der Waals surface area (Å²) in [4.78, 5) is 25.2. The lowest BCUT2D eigenvalue weighted by Gasteiger charge is -2.23. The SMILES string of the molecule is CC(CC#Cc1ccccc1)C(O)C=CC1CCC(=O)N1CCc1ccc(C(=O)O)cc1. The standard InChI is InChI=1S/C27H29NO4/c1-20(6-5-9-21-7-3-2-4-8-21)25(29)16-14-24-15-17-26(30)28(24)19-18-22-10-12-23(13-11-22)27(31)32/h2-4,7-8,10-14,16,20,24-25,29H,6,15,17-19H2,1H3,(H,31,32). The monoisotopic (exact) mass is 431 g/mol. The van der Waals surface area contributed by atoms with Gasteiger partial charge in [-0.1, -0.05) is 61.2 Å². The molecule has 1 aliphatic rings. The first-order valence-corrected chi connectivity index (χ1v) is 11.0. The average Bonchev–Trinajstić information content (AvgIpc) is 3.16. The Hall–Kier alpha value is -3.36. The third-order valence-electron chi connectivity index (χ3n) is 5.76. The normalized spacial score (nSPS) is 17.8. The fourth-order valence-electron chi connectivity index (χ4n) is 3.70. The molecule has 2 aromatic rings. The van der Waals surface area contributed by atoms with E-state index in [1.165, 1.54) is 0 Å². The van der Waals surface area contributed by atoms with Gasteiger partial charge in [-0.15, -0.1) is 0 Å². The van der Waals surface area contributed by atoms with Crippen molar-refractivity contribution in [3.63, 3.8) is 0 Å². The molecule has 3 rings (SSSR count). The Balaban J connectivity index is 1.52. The van der Waals surface area contributed by atoms with Gasteiger partial charge in [-0.2, -0.15) is 0 Å². The lowest BCUT2D eigenvalue weighted by atomic mass is 9.99. The van der Waals surface area contributed by atoms with Crippen LogP contribution >= 0.6 is 0 Å². The van der Waals surface area contributed by atoms with Crippen LogP contribution in [-0.4, -0.2) is 45.7 Å². The minimum absolute atomic E-state index is 0.0132. The highest BCUT2D eigenvalue weighted by Gasteiger charge is 2.28. The van der Waals surface area contributed by atoms with Gasteiger partial charge in [0.15, 0.2) is 0 Å². The zero-order valence-corrected chi connectivity index (χ0v) is 18.3. The fraction of sp³-hybridized carbons (Fsp3) is 0.333. The highest BCUT2D eigenvalue weighted by atomic mass is 16.4. The van der Waals surface area contributed by atoms with Crippen LogP contribution in [0.1, 0.15) is 47.7 Å². The summed E-state index contributed by atoms with van der Waals surface area (Å²) in [5, 5.41) is 19.5. The highest BCUT2D eigenvalue weighted by molar-refractivity contribution is 5.87. The number of nitrogens with zero attached hydrogens (tertiary/aromatic N) is 1. The summed E-state index contributed by atoms with van der Waals surface area (Å²) in [6.45, 7) is 2.53. The first-order chi connectivity index (χ1) is 15.4. The molecule has 1 aliphatic heterocycles. The second-order valence-corrected chi connectivity index (χ2v) is 8.17. The molecule has 5 nitrogen and oxygen atoms in total. The summed E-state index contributed by atoms with van der Waals surface area (Å²) in [7, 11) is 0. The minimum Gasteiger partial charge on any atom is -0.478 e. The van der Waals surface area contributed by atoms with Gasteiger partial charge in [-0.05, 0) is 48.6 Å². The Morgan fingerprint density at radius 2 is 1.91 bits per heavy atom. The third kappa shape index (κ3) is 6.57. The number of carboxylic acid groups (broad SMARTS) is 1. The van der Waals surface area contributed by atoms with Crippen molar-refractivity contribution in [3.8, 4) is 11.8 Å². The Morgan fingerprint density at radius 1 is 1.19 bits per heavy atom. The smallest absolute Gasteiger partial charge is 0.335 e. The van der Waals surface area contributed by atoms with E-state index >= 15 is 0 Å². The Bertz CT molecular complexity index is 1000. The lowest BCUT2D eigenvalue weighted by molar-refractivity contribution is -0.128. The van der Waals surface area contributed by atoms with Crippen molar-refractivity contribution in [1.29, 1.82) is 0 Å². The zero-order valence-electron chi connectivity index (χ0n) is 18.3. The van der Waals surface area contributed by atoms with Gasteiger partial charge in [0, 0.05) is 24.9 Å². The van der Waals surface area contributed by atoms with Gasteiger partial charge in [0.1, 0.15) is 0 Å². The van der Waals surface area contributed by atoms with Crippen LogP contribution in [0.4, 0.5) is 0 Å². The molecule has 2 N–H and O–H groups in total. The molecule has 3 atom stereocenters. The molecule has 0 aromatic heterocycles. The number of carbonyl (C=O) groups excluding carboxylic acids is 1. The van der Waals surface area contributed by atoms with Crippen molar-refractivity contribution in [2.75, 3.05) is 6.54 Å². The van der Waals surface area contributed by atoms with E-state index in [0.29, 0.717) is 25.8 Å². The Labute approximate surface area is 189 Å². The van der Waals surface area contributed by atoms with E-state index in [-0.39, 0.29) is 23.4 Å². The average molecular weight is 432 g/mol. The van der Waals surface area contributed by atoms with Crippen molar-refractivity contribution in [2.45, 2.75) is 44.8 Å². The minimum atomic E-state index is -0.949. The molecule has 0 spiro atoms. The predicted molar refractivity (Wildman–Crippen MR) is 124 cm³/mol. The molecule has 1 heterocycles. The van der Waals surface area contributed by atoms with Gasteiger partial charge >= 0.3 is 5.97 Å².